The Labute approximate surface area is 71.7 Å². The van der Waals surface area contributed by atoms with E-state index in [4.69, 9.17) is 23.2 Å². The summed E-state index contributed by atoms with van der Waals surface area (Å²) in [5.41, 5.74) is 0. The van der Waals surface area contributed by atoms with Crippen LogP contribution in [-0.2, 0) is 4.79 Å². The second kappa shape index (κ2) is 4.20. The van der Waals surface area contributed by atoms with E-state index in [-0.39, 0.29) is 5.78 Å². The summed E-state index contributed by atoms with van der Waals surface area (Å²) in [6.07, 6.45) is 1.45. The van der Waals surface area contributed by atoms with E-state index in [9.17, 15) is 4.79 Å². The number of rotatable bonds is 4. The number of halogens is 2. The number of Topliss-reactive ketones (excluding diaryl/α,β-unsaturated/α-hetero) is 1. The molecule has 0 rings (SSSR count). The topological polar surface area (TPSA) is 17.1 Å². The summed E-state index contributed by atoms with van der Waals surface area (Å²) in [6.45, 7) is 3.23. The largest absolute Gasteiger partial charge is 0.298 e. The molecule has 0 aromatic carbocycles. The average Bonchev–Trinajstić information content (AvgIpc) is 1.84. The Morgan fingerprint density at radius 3 is 2.40 bits per heavy atom. The standard InChI is InChI=1S/C7H12Cl2O/c1-6(10)7(2,9)4-3-5-8/h3-5H2,1-2H3. The Morgan fingerprint density at radius 1 is 1.60 bits per heavy atom. The van der Waals surface area contributed by atoms with Crippen molar-refractivity contribution in [1.29, 1.82) is 0 Å². The van der Waals surface area contributed by atoms with E-state index < -0.39 is 4.87 Å². The lowest BCUT2D eigenvalue weighted by Gasteiger charge is -2.16. The average molecular weight is 183 g/mol. The predicted molar refractivity (Wildman–Crippen MR) is 44.9 cm³/mol. The highest BCUT2D eigenvalue weighted by Gasteiger charge is 2.25. The van der Waals surface area contributed by atoms with Gasteiger partial charge in [-0.15, -0.1) is 23.2 Å². The van der Waals surface area contributed by atoms with Crippen molar-refractivity contribution < 1.29 is 4.79 Å². The number of ketones is 1. The maximum absolute atomic E-state index is 10.8. The van der Waals surface area contributed by atoms with Gasteiger partial charge in [0.25, 0.3) is 0 Å². The fourth-order valence-corrected chi connectivity index (χ4v) is 0.842. The van der Waals surface area contributed by atoms with Gasteiger partial charge in [0.15, 0.2) is 0 Å². The van der Waals surface area contributed by atoms with E-state index in [0.717, 1.165) is 6.42 Å². The van der Waals surface area contributed by atoms with E-state index in [2.05, 4.69) is 0 Å². The van der Waals surface area contributed by atoms with Crippen molar-refractivity contribution in [2.45, 2.75) is 31.6 Å². The van der Waals surface area contributed by atoms with Gasteiger partial charge in [0.2, 0.25) is 0 Å². The molecule has 0 N–H and O–H groups in total. The molecule has 0 aliphatic carbocycles. The first-order valence-electron chi connectivity index (χ1n) is 3.26. The van der Waals surface area contributed by atoms with Gasteiger partial charge in [-0.3, -0.25) is 4.79 Å². The predicted octanol–water partition coefficient (Wildman–Crippen LogP) is 2.59. The molecule has 1 atom stereocenters. The second-order valence-corrected chi connectivity index (χ2v) is 3.76. The second-order valence-electron chi connectivity index (χ2n) is 2.55. The zero-order valence-electron chi connectivity index (χ0n) is 6.29. The van der Waals surface area contributed by atoms with Crippen molar-refractivity contribution in [2.75, 3.05) is 5.88 Å². The molecule has 0 spiro atoms. The van der Waals surface area contributed by atoms with Crippen molar-refractivity contribution in [3.8, 4) is 0 Å². The normalized spacial score (nSPS) is 16.4. The monoisotopic (exact) mass is 182 g/mol. The fraction of sp³-hybridized carbons (Fsp3) is 0.857. The highest BCUT2D eigenvalue weighted by atomic mass is 35.5. The van der Waals surface area contributed by atoms with E-state index in [1.165, 1.54) is 6.92 Å². The molecule has 1 unspecified atom stereocenters. The van der Waals surface area contributed by atoms with Gasteiger partial charge in [0, 0.05) is 5.88 Å². The highest BCUT2D eigenvalue weighted by molar-refractivity contribution is 6.34. The molecule has 0 aliphatic rings. The Balaban J connectivity index is 3.75. The molecule has 0 heterocycles. The lowest BCUT2D eigenvalue weighted by atomic mass is 10.0. The van der Waals surface area contributed by atoms with Crippen molar-refractivity contribution in [3.63, 3.8) is 0 Å². The van der Waals surface area contributed by atoms with Crippen LogP contribution < -0.4 is 0 Å². The molecule has 10 heavy (non-hydrogen) atoms. The van der Waals surface area contributed by atoms with Gasteiger partial charge in [0.1, 0.15) is 5.78 Å². The third kappa shape index (κ3) is 3.43. The van der Waals surface area contributed by atoms with Gasteiger partial charge in [-0.2, -0.15) is 0 Å². The SMILES string of the molecule is CC(=O)C(C)(Cl)CCCCl. The Kier molecular flexibility index (Phi) is 4.30. The summed E-state index contributed by atoms with van der Waals surface area (Å²) in [5.74, 6) is 0.578. The van der Waals surface area contributed by atoms with E-state index in [1.807, 2.05) is 0 Å². The van der Waals surface area contributed by atoms with E-state index >= 15 is 0 Å². The number of hydrogen-bond donors (Lipinski definition) is 0. The quantitative estimate of drug-likeness (QED) is 0.612. The zero-order valence-corrected chi connectivity index (χ0v) is 7.80. The van der Waals surface area contributed by atoms with Crippen molar-refractivity contribution in [1.82, 2.24) is 0 Å². The van der Waals surface area contributed by atoms with Gasteiger partial charge in [-0.05, 0) is 26.7 Å². The van der Waals surface area contributed by atoms with Gasteiger partial charge >= 0.3 is 0 Å². The third-order valence-corrected chi connectivity index (χ3v) is 2.24. The van der Waals surface area contributed by atoms with Crippen LogP contribution in [0.1, 0.15) is 26.7 Å². The van der Waals surface area contributed by atoms with Crippen LogP contribution in [0.15, 0.2) is 0 Å². The maximum Gasteiger partial charge on any atom is 0.150 e. The van der Waals surface area contributed by atoms with E-state index in [1.54, 1.807) is 6.92 Å². The van der Waals surface area contributed by atoms with Crippen molar-refractivity contribution >= 4 is 29.0 Å². The Bertz CT molecular complexity index is 121. The molecule has 0 saturated heterocycles. The van der Waals surface area contributed by atoms with Gasteiger partial charge in [-0.25, -0.2) is 0 Å². The molecule has 60 valence electrons. The summed E-state index contributed by atoms with van der Waals surface area (Å²) in [4.78, 5) is 10.1. The molecule has 0 fully saturated rings. The molecule has 0 bridgehead atoms. The first kappa shape index (κ1) is 10.2. The molecule has 0 aliphatic heterocycles. The number of carbonyl (C=O) groups excluding carboxylic acids is 1. The molecule has 3 heteroatoms. The first-order chi connectivity index (χ1) is 4.50. The van der Waals surface area contributed by atoms with Gasteiger partial charge in [0.05, 0.1) is 4.87 Å². The van der Waals surface area contributed by atoms with Crippen LogP contribution in [0.4, 0.5) is 0 Å². The molecule has 0 aromatic rings. The molecule has 0 aromatic heterocycles. The van der Waals surface area contributed by atoms with E-state index in [0.29, 0.717) is 12.3 Å². The van der Waals surface area contributed by atoms with Crippen LogP contribution in [0.3, 0.4) is 0 Å². The molecular formula is C7H12Cl2O. The number of alkyl halides is 2. The fourth-order valence-electron chi connectivity index (χ4n) is 0.575. The first-order valence-corrected chi connectivity index (χ1v) is 4.18. The van der Waals surface area contributed by atoms with Gasteiger partial charge in [-0.1, -0.05) is 0 Å². The minimum absolute atomic E-state index is 0.0132. The number of hydrogen-bond acceptors (Lipinski definition) is 1. The minimum Gasteiger partial charge on any atom is -0.298 e. The summed E-state index contributed by atoms with van der Waals surface area (Å²) >= 11 is 11.3. The van der Waals surface area contributed by atoms with Crippen molar-refractivity contribution in [3.05, 3.63) is 0 Å². The molecule has 0 amide bonds. The summed E-state index contributed by atoms with van der Waals surface area (Å²) in [6, 6.07) is 0. The van der Waals surface area contributed by atoms with Crippen LogP contribution in [-0.4, -0.2) is 16.5 Å². The third-order valence-electron chi connectivity index (χ3n) is 1.51. The number of carbonyl (C=O) groups is 1. The van der Waals surface area contributed by atoms with Gasteiger partial charge < -0.3 is 0 Å². The van der Waals surface area contributed by atoms with Crippen LogP contribution >= 0.6 is 23.2 Å². The highest BCUT2D eigenvalue weighted by Crippen LogP contribution is 2.21. The van der Waals surface area contributed by atoms with Crippen LogP contribution in [0, 0.1) is 0 Å². The molecule has 1 nitrogen and oxygen atoms in total. The molecular weight excluding hydrogens is 171 g/mol. The zero-order chi connectivity index (χ0) is 8.20. The van der Waals surface area contributed by atoms with Crippen LogP contribution in [0.5, 0.6) is 0 Å². The minimum atomic E-state index is -0.700. The Hall–Kier alpha value is 0.250. The smallest absolute Gasteiger partial charge is 0.150 e. The lowest BCUT2D eigenvalue weighted by molar-refractivity contribution is -0.119. The molecule has 0 saturated carbocycles. The lowest BCUT2D eigenvalue weighted by Crippen LogP contribution is -2.26. The van der Waals surface area contributed by atoms with Crippen molar-refractivity contribution in [2.24, 2.45) is 0 Å². The van der Waals surface area contributed by atoms with Crippen LogP contribution in [0.2, 0.25) is 0 Å². The Morgan fingerprint density at radius 2 is 2.10 bits per heavy atom. The summed E-state index contributed by atoms with van der Waals surface area (Å²) in [5, 5.41) is 0. The molecule has 0 radical (unpaired) electrons. The summed E-state index contributed by atoms with van der Waals surface area (Å²) < 4.78 is 0. The summed E-state index contributed by atoms with van der Waals surface area (Å²) in [7, 11) is 0. The maximum atomic E-state index is 10.8. The van der Waals surface area contributed by atoms with Crippen LogP contribution in [0.25, 0.3) is 0 Å².